The number of aryl methyl sites for hydroxylation is 1. The maximum atomic E-state index is 15.3. The third-order valence-electron chi connectivity index (χ3n) is 5.91. The Morgan fingerprint density at radius 2 is 1.89 bits per heavy atom. The van der Waals surface area contributed by atoms with E-state index in [4.69, 9.17) is 18.9 Å². The lowest BCUT2D eigenvalue weighted by atomic mass is 10.00. The van der Waals surface area contributed by atoms with Gasteiger partial charge in [0.15, 0.2) is 11.5 Å². The molecule has 0 aliphatic heterocycles. The largest absolute Gasteiger partial charge is 0.493 e. The Hall–Kier alpha value is -3.11. The van der Waals surface area contributed by atoms with Crippen LogP contribution in [0.1, 0.15) is 42.8 Å². The first-order valence-corrected chi connectivity index (χ1v) is 11.8. The number of methoxy groups -OCH3 is 2. The molecule has 1 N–H and O–H groups in total. The molecule has 1 saturated carbocycles. The summed E-state index contributed by atoms with van der Waals surface area (Å²) < 4.78 is 66.2. The lowest BCUT2D eigenvalue weighted by molar-refractivity contribution is -0.0895. The number of hydrogen-bond donors (Lipinski definition) is 1. The van der Waals surface area contributed by atoms with Crippen molar-refractivity contribution in [3.8, 4) is 11.5 Å². The van der Waals surface area contributed by atoms with Gasteiger partial charge in [0.2, 0.25) is 0 Å². The Kier molecular flexibility index (Phi) is 7.85. The van der Waals surface area contributed by atoms with Crippen LogP contribution in [0.25, 0.3) is 10.9 Å². The van der Waals surface area contributed by atoms with Crippen LogP contribution >= 0.6 is 0 Å². The summed E-state index contributed by atoms with van der Waals surface area (Å²) >= 11 is 0. The van der Waals surface area contributed by atoms with Crippen LogP contribution in [-0.4, -0.2) is 50.1 Å². The smallest absolute Gasteiger partial charge is 0.298 e. The predicted molar refractivity (Wildman–Crippen MR) is 130 cm³/mol. The summed E-state index contributed by atoms with van der Waals surface area (Å²) in [5.41, 5.74) is -0.00388. The van der Waals surface area contributed by atoms with Crippen molar-refractivity contribution in [2.24, 2.45) is 0 Å². The lowest BCUT2D eigenvalue weighted by Crippen LogP contribution is -2.24. The van der Waals surface area contributed by atoms with Crippen LogP contribution in [-0.2, 0) is 15.4 Å². The molecule has 4 rings (SSSR count). The quantitative estimate of drug-likeness (QED) is 0.323. The van der Waals surface area contributed by atoms with Gasteiger partial charge in [0.25, 0.3) is 5.92 Å². The number of ether oxygens (including phenoxy) is 4. The van der Waals surface area contributed by atoms with Crippen LogP contribution in [0.5, 0.6) is 11.5 Å². The molecule has 0 amide bonds. The fraction of sp³-hybridized carbons (Fsp3) is 0.462. The highest BCUT2D eigenvalue weighted by molar-refractivity contribution is 5.92. The van der Waals surface area contributed by atoms with Gasteiger partial charge < -0.3 is 24.3 Å². The zero-order valence-electron chi connectivity index (χ0n) is 20.7. The number of halogens is 3. The molecule has 1 aliphatic carbocycles. The Bertz CT molecular complexity index is 1220. The Morgan fingerprint density at radius 1 is 1.11 bits per heavy atom. The summed E-state index contributed by atoms with van der Waals surface area (Å²) in [6.07, 6.45) is 1.37. The maximum absolute atomic E-state index is 15.3. The van der Waals surface area contributed by atoms with Gasteiger partial charge in [0.05, 0.1) is 36.9 Å². The van der Waals surface area contributed by atoms with Crippen LogP contribution in [0, 0.1) is 12.7 Å². The summed E-state index contributed by atoms with van der Waals surface area (Å²) in [5.74, 6) is -2.56. The second-order valence-corrected chi connectivity index (χ2v) is 8.77. The van der Waals surface area contributed by atoms with E-state index in [2.05, 4.69) is 15.3 Å². The molecule has 0 spiro atoms. The van der Waals surface area contributed by atoms with Gasteiger partial charge in [-0.3, -0.25) is 0 Å². The molecular formula is C26H30F3N3O4. The van der Waals surface area contributed by atoms with Crippen molar-refractivity contribution < 1.29 is 32.1 Å². The lowest BCUT2D eigenvalue weighted by Gasteiger charge is -2.22. The van der Waals surface area contributed by atoms with Crippen molar-refractivity contribution in [1.82, 2.24) is 9.97 Å². The van der Waals surface area contributed by atoms with Gasteiger partial charge in [-0.15, -0.1) is 0 Å². The first-order valence-electron chi connectivity index (χ1n) is 11.8. The summed E-state index contributed by atoms with van der Waals surface area (Å²) in [6.45, 7) is 3.26. The molecule has 10 heteroatoms. The molecule has 1 aromatic heterocycles. The minimum atomic E-state index is -3.44. The zero-order valence-corrected chi connectivity index (χ0v) is 20.7. The number of aromatic nitrogens is 2. The fourth-order valence-electron chi connectivity index (χ4n) is 3.85. The molecular weight excluding hydrogens is 475 g/mol. The van der Waals surface area contributed by atoms with Gasteiger partial charge in [0.1, 0.15) is 30.7 Å². The second-order valence-electron chi connectivity index (χ2n) is 8.77. The number of anilines is 1. The molecule has 0 bridgehead atoms. The van der Waals surface area contributed by atoms with Gasteiger partial charge in [-0.05, 0) is 38.8 Å². The molecule has 1 unspecified atom stereocenters. The minimum absolute atomic E-state index is 0.0908. The Balaban J connectivity index is 1.64. The van der Waals surface area contributed by atoms with Crippen molar-refractivity contribution >= 4 is 16.7 Å². The predicted octanol–water partition coefficient (Wildman–Crippen LogP) is 5.56. The maximum Gasteiger partial charge on any atom is 0.298 e. The van der Waals surface area contributed by atoms with Crippen molar-refractivity contribution in [2.45, 2.75) is 44.8 Å². The van der Waals surface area contributed by atoms with E-state index in [0.29, 0.717) is 47.3 Å². The standard InChI is InChI=1S/C26H30F3N3O4/c1-15(18-6-5-7-20(24(18)27)26(28,29)14-36-17-8-9-17)30-25-19-12-23(35-11-10-33-3)22(34-4)13-21(19)31-16(2)32-25/h5-7,12-13,15,17H,8-11,14H2,1-4H3,(H,30,31,32). The summed E-state index contributed by atoms with van der Waals surface area (Å²) in [6, 6.07) is 6.78. The molecule has 1 atom stereocenters. The van der Waals surface area contributed by atoms with Crippen LogP contribution in [0.15, 0.2) is 30.3 Å². The molecule has 2 aromatic carbocycles. The van der Waals surface area contributed by atoms with E-state index < -0.39 is 30.0 Å². The van der Waals surface area contributed by atoms with E-state index in [9.17, 15) is 8.78 Å². The number of alkyl halides is 2. The number of nitrogens with zero attached hydrogens (tertiary/aromatic N) is 2. The number of benzene rings is 2. The number of rotatable bonds is 12. The van der Waals surface area contributed by atoms with Gasteiger partial charge >= 0.3 is 0 Å². The van der Waals surface area contributed by atoms with E-state index in [0.717, 1.165) is 18.9 Å². The third-order valence-corrected chi connectivity index (χ3v) is 5.91. The highest BCUT2D eigenvalue weighted by atomic mass is 19.3. The minimum Gasteiger partial charge on any atom is -0.493 e. The third kappa shape index (κ3) is 5.82. The van der Waals surface area contributed by atoms with E-state index in [-0.39, 0.29) is 11.7 Å². The molecule has 7 nitrogen and oxygen atoms in total. The van der Waals surface area contributed by atoms with E-state index in [1.165, 1.54) is 19.2 Å². The van der Waals surface area contributed by atoms with Crippen LogP contribution in [0.2, 0.25) is 0 Å². The number of fused-ring (bicyclic) bond motifs is 1. The normalized spacial score (nSPS) is 14.6. The number of hydrogen-bond acceptors (Lipinski definition) is 7. The molecule has 0 radical (unpaired) electrons. The second kappa shape index (κ2) is 10.9. The zero-order chi connectivity index (χ0) is 25.9. The highest BCUT2D eigenvalue weighted by Crippen LogP contribution is 2.38. The Labute approximate surface area is 207 Å². The van der Waals surface area contributed by atoms with Gasteiger partial charge in [-0.2, -0.15) is 8.78 Å². The van der Waals surface area contributed by atoms with Crippen LogP contribution in [0.4, 0.5) is 19.0 Å². The van der Waals surface area contributed by atoms with Gasteiger partial charge in [-0.1, -0.05) is 12.1 Å². The van der Waals surface area contributed by atoms with Crippen LogP contribution in [0.3, 0.4) is 0 Å². The van der Waals surface area contributed by atoms with Crippen molar-refractivity contribution in [3.05, 3.63) is 53.1 Å². The van der Waals surface area contributed by atoms with Crippen LogP contribution < -0.4 is 14.8 Å². The molecule has 3 aromatic rings. The van der Waals surface area contributed by atoms with E-state index >= 15 is 4.39 Å². The van der Waals surface area contributed by atoms with Crippen molar-refractivity contribution in [2.75, 3.05) is 39.4 Å². The fourth-order valence-corrected chi connectivity index (χ4v) is 3.85. The van der Waals surface area contributed by atoms with Gasteiger partial charge in [-0.25, -0.2) is 14.4 Å². The summed E-state index contributed by atoms with van der Waals surface area (Å²) in [7, 11) is 3.10. The van der Waals surface area contributed by atoms with E-state index in [1.807, 2.05) is 0 Å². The SMILES string of the molecule is COCCOc1cc2c(NC(C)c3cccc(C(F)(F)COC4CC4)c3F)nc(C)nc2cc1OC. The Morgan fingerprint density at radius 3 is 2.58 bits per heavy atom. The molecule has 1 aliphatic rings. The summed E-state index contributed by atoms with van der Waals surface area (Å²) in [4.78, 5) is 8.95. The molecule has 0 saturated heterocycles. The highest BCUT2D eigenvalue weighted by Gasteiger charge is 2.38. The molecule has 194 valence electrons. The van der Waals surface area contributed by atoms with Crippen molar-refractivity contribution in [1.29, 1.82) is 0 Å². The molecule has 1 heterocycles. The average molecular weight is 506 g/mol. The first-order chi connectivity index (χ1) is 17.2. The summed E-state index contributed by atoms with van der Waals surface area (Å²) in [5, 5.41) is 3.78. The molecule has 1 fully saturated rings. The topological polar surface area (TPSA) is 74.7 Å². The van der Waals surface area contributed by atoms with Crippen molar-refractivity contribution in [3.63, 3.8) is 0 Å². The first kappa shape index (κ1) is 26.0. The number of nitrogens with one attached hydrogen (secondary N) is 1. The monoisotopic (exact) mass is 505 g/mol. The average Bonchev–Trinajstić information content (AvgIpc) is 3.67. The van der Waals surface area contributed by atoms with Gasteiger partial charge in [0, 0.05) is 24.1 Å². The van der Waals surface area contributed by atoms with E-state index in [1.54, 1.807) is 33.1 Å². The molecule has 36 heavy (non-hydrogen) atoms.